The van der Waals surface area contributed by atoms with Gasteiger partial charge in [-0.2, -0.15) is 7.05 Å². The van der Waals surface area contributed by atoms with Crippen LogP contribution in [-0.4, -0.2) is 12.2 Å². The molecule has 1 N–H and O–H groups in total. The first-order valence-corrected chi connectivity index (χ1v) is 12.6. The summed E-state index contributed by atoms with van der Waals surface area (Å²) in [7, 11) is 6.91. The number of hydrogen-bond acceptors (Lipinski definition) is 1. The van der Waals surface area contributed by atoms with Crippen LogP contribution >= 0.6 is 17.9 Å². The van der Waals surface area contributed by atoms with Gasteiger partial charge in [-0.25, -0.2) is 0 Å². The summed E-state index contributed by atoms with van der Waals surface area (Å²) in [6.07, 6.45) is 0. The molecule has 5 heteroatoms. The zero-order valence-corrected chi connectivity index (χ0v) is 21.7. The maximum atomic E-state index is 11.0. The number of nitrogens with zero attached hydrogens (tertiary/aromatic N) is 1. The van der Waals surface area contributed by atoms with Gasteiger partial charge in [0.1, 0.15) is 5.75 Å². The monoisotopic (exact) mass is 453 g/mol. The van der Waals surface area contributed by atoms with Crippen molar-refractivity contribution in [3.05, 3.63) is 57.9 Å². The molecular formula is C23H33ClNOPTi. The van der Waals surface area contributed by atoms with Crippen molar-refractivity contribution in [2.75, 3.05) is 7.05 Å². The number of phenols is 1. The van der Waals surface area contributed by atoms with Crippen LogP contribution in [0.15, 0.2) is 30.3 Å². The van der Waals surface area contributed by atoms with Crippen molar-refractivity contribution in [2.45, 2.75) is 65.8 Å². The Morgan fingerprint density at radius 3 is 2.07 bits per heavy atom. The third kappa shape index (κ3) is 6.86. The summed E-state index contributed by atoms with van der Waals surface area (Å²) >= 11 is 1.47. The molecule has 0 aliphatic carbocycles. The number of halogens is 1. The molecule has 2 aromatic carbocycles. The summed E-state index contributed by atoms with van der Waals surface area (Å²) in [5.41, 5.74) is 4.75. The van der Waals surface area contributed by atoms with Crippen LogP contribution in [0, 0.1) is 6.92 Å². The number of phenolic OH excluding ortho intramolecular Hbond substituents is 1. The molecule has 2 nitrogen and oxygen atoms in total. The van der Waals surface area contributed by atoms with Gasteiger partial charge in [-0.3, -0.25) is 0 Å². The molecule has 0 saturated heterocycles. The Morgan fingerprint density at radius 2 is 1.57 bits per heavy atom. The van der Waals surface area contributed by atoms with Crippen LogP contribution in [0.3, 0.4) is 0 Å². The van der Waals surface area contributed by atoms with E-state index in [2.05, 4.69) is 93.4 Å². The van der Waals surface area contributed by atoms with E-state index in [-0.39, 0.29) is 10.8 Å². The second-order valence-electron chi connectivity index (χ2n) is 9.18. The van der Waals surface area contributed by atoms with E-state index in [9.17, 15) is 5.11 Å². The minimum atomic E-state index is -0.0978. The number of rotatable bonds is 4. The van der Waals surface area contributed by atoms with Crippen molar-refractivity contribution >= 4 is 28.5 Å². The average molecular weight is 454 g/mol. The van der Waals surface area contributed by atoms with E-state index in [1.165, 1.54) is 41.4 Å². The number of aryl methyl sites for hydroxylation is 1. The summed E-state index contributed by atoms with van der Waals surface area (Å²) in [5, 5.41) is 17.7. The van der Waals surface area contributed by atoms with Gasteiger partial charge in [0, 0.05) is 10.9 Å². The van der Waals surface area contributed by atoms with E-state index >= 15 is 0 Å². The number of aromatic hydroxyl groups is 1. The molecule has 28 heavy (non-hydrogen) atoms. The third-order valence-electron chi connectivity index (χ3n) is 4.64. The molecule has 0 saturated carbocycles. The van der Waals surface area contributed by atoms with Crippen LogP contribution in [0.4, 0.5) is 0 Å². The van der Waals surface area contributed by atoms with Crippen LogP contribution in [-0.2, 0) is 36.7 Å². The standard InChI is InChI=1S/C23H33NOP.ClH.Ti/c1-15-9-10-19(16(11-15)14-24-8)26-20-13-17(22(2,3)4)12-18(21(20)25)23(5,6)7;;/h9-13,25-26H,14H2,1-8H3;1H;/q-1;;+2/p-1. The van der Waals surface area contributed by atoms with Crippen molar-refractivity contribution in [3.63, 3.8) is 0 Å². The number of hydrogen-bond donors (Lipinski definition) is 1. The van der Waals surface area contributed by atoms with Gasteiger partial charge in [-0.1, -0.05) is 85.5 Å². The Hall–Kier alpha value is -0.366. The zero-order chi connectivity index (χ0) is 21.7. The van der Waals surface area contributed by atoms with E-state index in [0.29, 0.717) is 14.3 Å². The first-order valence-electron chi connectivity index (χ1n) is 9.42. The zero-order valence-electron chi connectivity index (χ0n) is 18.4. The van der Waals surface area contributed by atoms with Gasteiger partial charge in [-0.05, 0) is 34.7 Å². The van der Waals surface area contributed by atoms with Gasteiger partial charge in [0.2, 0.25) is 0 Å². The van der Waals surface area contributed by atoms with Gasteiger partial charge in [0.15, 0.2) is 0 Å². The molecule has 2 aromatic rings. The third-order valence-corrected chi connectivity index (χ3v) is 6.05. The van der Waals surface area contributed by atoms with Gasteiger partial charge in [-0.15, -0.1) is 6.54 Å². The molecule has 1 unspecified atom stereocenters. The minimum absolute atomic E-state index is 0.0434. The first kappa shape index (κ1) is 25.7. The molecule has 0 heterocycles. The fraction of sp³-hybridized carbons (Fsp3) is 0.478. The molecule has 0 fully saturated rings. The molecule has 0 radical (unpaired) electrons. The van der Waals surface area contributed by atoms with Crippen molar-refractivity contribution in [1.82, 2.24) is 0 Å². The van der Waals surface area contributed by atoms with E-state index in [1.807, 2.05) is 7.05 Å². The van der Waals surface area contributed by atoms with Gasteiger partial charge >= 0.3 is 28.7 Å². The van der Waals surface area contributed by atoms with Crippen LogP contribution < -0.4 is 10.6 Å². The van der Waals surface area contributed by atoms with E-state index < -0.39 is 0 Å². The van der Waals surface area contributed by atoms with Gasteiger partial charge in [0.05, 0.1) is 0 Å². The summed E-state index contributed by atoms with van der Waals surface area (Å²) < 4.78 is 0. The topological polar surface area (TPSA) is 34.3 Å². The molecular weight excluding hydrogens is 421 g/mol. The van der Waals surface area contributed by atoms with Gasteiger partial charge < -0.3 is 10.4 Å². The van der Waals surface area contributed by atoms with Crippen molar-refractivity contribution in [1.29, 1.82) is 0 Å². The van der Waals surface area contributed by atoms with Gasteiger partial charge in [0.25, 0.3) is 0 Å². The summed E-state index contributed by atoms with van der Waals surface area (Å²) in [5.74, 6) is 0.448. The van der Waals surface area contributed by atoms with Crippen LogP contribution in [0.1, 0.15) is 63.8 Å². The molecule has 0 aliphatic rings. The predicted molar refractivity (Wildman–Crippen MR) is 123 cm³/mol. The molecule has 0 amide bonds. The summed E-state index contributed by atoms with van der Waals surface area (Å²) in [6, 6.07) is 10.9. The molecule has 0 bridgehead atoms. The summed E-state index contributed by atoms with van der Waals surface area (Å²) in [4.78, 5) is 0. The van der Waals surface area contributed by atoms with Crippen molar-refractivity contribution in [2.24, 2.45) is 0 Å². The van der Waals surface area contributed by atoms with Crippen molar-refractivity contribution < 1.29 is 24.5 Å². The predicted octanol–water partition coefficient (Wildman–Crippen LogP) is 6.12. The van der Waals surface area contributed by atoms with E-state index in [4.69, 9.17) is 0 Å². The quantitative estimate of drug-likeness (QED) is 0.439. The van der Waals surface area contributed by atoms with Crippen LogP contribution in [0.5, 0.6) is 5.75 Å². The van der Waals surface area contributed by atoms with E-state index in [1.54, 1.807) is 0 Å². The Labute approximate surface area is 188 Å². The Bertz CT molecular complexity index is 794. The van der Waals surface area contributed by atoms with Crippen LogP contribution in [0.2, 0.25) is 0 Å². The molecule has 152 valence electrons. The first-order chi connectivity index (χ1) is 12.9. The fourth-order valence-corrected chi connectivity index (χ4v) is 4.27. The maximum absolute atomic E-state index is 11.0. The number of benzene rings is 2. The second-order valence-corrected chi connectivity index (χ2v) is 10.5. The SMILES string of the molecule is C[N-]Cc1cc(C)ccc1Pc1cc(C(C)(C)C)cc(C(C)(C)C)c1O.[Cl][Ti+]. The Morgan fingerprint density at radius 1 is 0.964 bits per heavy atom. The Balaban J connectivity index is 0.00000190. The van der Waals surface area contributed by atoms with Crippen LogP contribution in [0.25, 0.3) is 5.32 Å². The normalized spacial score (nSPS) is 12.1. The summed E-state index contributed by atoms with van der Waals surface area (Å²) in [6.45, 7) is 16.0. The van der Waals surface area contributed by atoms with E-state index in [0.717, 1.165) is 17.4 Å². The molecule has 0 aromatic heterocycles. The fourth-order valence-electron chi connectivity index (χ4n) is 3.03. The van der Waals surface area contributed by atoms with Crippen molar-refractivity contribution in [3.8, 4) is 5.75 Å². The molecule has 1 atom stereocenters. The average Bonchev–Trinajstić information content (AvgIpc) is 2.59. The molecule has 0 spiro atoms. The Kier molecular flexibility index (Phi) is 9.72. The molecule has 0 aliphatic heterocycles. The molecule has 2 rings (SSSR count). The second kappa shape index (κ2) is 10.6.